The second-order valence-electron chi connectivity index (χ2n) is 7.33. The number of anilines is 1. The largest absolute Gasteiger partial charge is 0.496 e. The summed E-state index contributed by atoms with van der Waals surface area (Å²) >= 11 is 0. The minimum absolute atomic E-state index is 0.204. The van der Waals surface area contributed by atoms with Crippen LogP contribution in [0.25, 0.3) is 5.57 Å². The lowest BCUT2D eigenvalue weighted by Gasteiger charge is -2.26. The Morgan fingerprint density at radius 2 is 2.06 bits per heavy atom. The van der Waals surface area contributed by atoms with Crippen LogP contribution in [0.4, 0.5) is 5.69 Å². The third-order valence-corrected chi connectivity index (χ3v) is 7.44. The Balaban J connectivity index is 1.64. The highest BCUT2D eigenvalue weighted by molar-refractivity contribution is 7.89. The van der Waals surface area contributed by atoms with Gasteiger partial charge in [0.1, 0.15) is 5.75 Å². The van der Waals surface area contributed by atoms with Crippen molar-refractivity contribution in [1.29, 1.82) is 5.26 Å². The fourth-order valence-electron chi connectivity index (χ4n) is 3.96. The van der Waals surface area contributed by atoms with E-state index in [1.54, 1.807) is 18.2 Å². The molecule has 0 saturated carbocycles. The topological polar surface area (TPSA) is 105 Å². The summed E-state index contributed by atoms with van der Waals surface area (Å²) in [7, 11) is -0.254. The number of nitrogens with zero attached hydrogens (tertiary/aromatic N) is 3. The van der Waals surface area contributed by atoms with Crippen molar-refractivity contribution >= 4 is 21.3 Å². The molecule has 31 heavy (non-hydrogen) atoms. The van der Waals surface area contributed by atoms with Gasteiger partial charge in [0.25, 0.3) is 0 Å². The first-order valence-corrected chi connectivity index (χ1v) is 11.5. The quantitative estimate of drug-likeness (QED) is 0.734. The molecule has 1 N–H and O–H groups in total. The van der Waals surface area contributed by atoms with Crippen LogP contribution in [-0.4, -0.2) is 58.2 Å². The molecule has 8 nitrogen and oxygen atoms in total. The lowest BCUT2D eigenvalue weighted by atomic mass is 10.0. The maximum Gasteiger partial charge on any atom is 0.243 e. The average molecular weight is 441 g/mol. The number of nitrogens with one attached hydrogen (secondary N) is 1. The van der Waals surface area contributed by atoms with Crippen molar-refractivity contribution in [2.75, 3.05) is 45.8 Å². The second-order valence-corrected chi connectivity index (χ2v) is 9.27. The normalized spacial score (nSPS) is 16.4. The van der Waals surface area contributed by atoms with E-state index in [1.165, 1.54) is 11.4 Å². The summed E-state index contributed by atoms with van der Waals surface area (Å²) in [4.78, 5) is 4.94. The van der Waals surface area contributed by atoms with E-state index in [9.17, 15) is 13.7 Å². The molecule has 2 aromatic rings. The molecule has 0 atom stereocenters. The lowest BCUT2D eigenvalue weighted by molar-refractivity contribution is 0.0730. The zero-order chi connectivity index (χ0) is 22.0. The monoisotopic (exact) mass is 440 g/mol. The molecule has 0 unspecified atom stereocenters. The molecule has 1 fully saturated rings. The van der Waals surface area contributed by atoms with Gasteiger partial charge in [0, 0.05) is 61.6 Å². The highest BCUT2D eigenvalue weighted by Crippen LogP contribution is 2.34. The zero-order valence-corrected chi connectivity index (χ0v) is 18.3. The highest BCUT2D eigenvalue weighted by Gasteiger charge is 2.27. The van der Waals surface area contributed by atoms with Gasteiger partial charge in [-0.25, -0.2) is 8.42 Å². The summed E-state index contributed by atoms with van der Waals surface area (Å²) in [5, 5.41) is 12.5. The van der Waals surface area contributed by atoms with Crippen LogP contribution < -0.4 is 10.1 Å². The molecule has 2 heterocycles. The van der Waals surface area contributed by atoms with Gasteiger partial charge in [-0.3, -0.25) is 4.98 Å². The van der Waals surface area contributed by atoms with E-state index >= 15 is 0 Å². The van der Waals surface area contributed by atoms with Crippen LogP contribution in [0.3, 0.4) is 0 Å². The van der Waals surface area contributed by atoms with Gasteiger partial charge in [0.2, 0.25) is 10.0 Å². The molecule has 162 valence electrons. The van der Waals surface area contributed by atoms with Gasteiger partial charge in [-0.05, 0) is 12.1 Å². The van der Waals surface area contributed by atoms with Crippen molar-refractivity contribution in [3.63, 3.8) is 0 Å². The highest BCUT2D eigenvalue weighted by atomic mass is 32.2. The maximum atomic E-state index is 13.0. The molecule has 1 saturated heterocycles. The first-order chi connectivity index (χ1) is 15.0. The van der Waals surface area contributed by atoms with E-state index in [0.717, 1.165) is 28.2 Å². The molecule has 2 aliphatic rings. The number of sulfonamides is 1. The van der Waals surface area contributed by atoms with Gasteiger partial charge in [-0.2, -0.15) is 9.57 Å². The molecule has 4 rings (SSSR count). The molecule has 1 aliphatic carbocycles. The number of pyridine rings is 1. The van der Waals surface area contributed by atoms with Crippen molar-refractivity contribution in [3.05, 3.63) is 52.9 Å². The van der Waals surface area contributed by atoms with Gasteiger partial charge >= 0.3 is 0 Å². The van der Waals surface area contributed by atoms with Crippen LogP contribution in [-0.2, 0) is 27.6 Å². The minimum atomic E-state index is -3.60. The first kappa shape index (κ1) is 21.3. The summed E-state index contributed by atoms with van der Waals surface area (Å²) in [5.41, 5.74) is 4.86. The summed E-state index contributed by atoms with van der Waals surface area (Å²) < 4.78 is 38.1. The Bertz CT molecular complexity index is 1180. The minimum Gasteiger partial charge on any atom is -0.496 e. The molecule has 0 bridgehead atoms. The number of methoxy groups -OCH3 is 1. The first-order valence-electron chi connectivity index (χ1n) is 10.0. The second kappa shape index (κ2) is 8.67. The summed E-state index contributed by atoms with van der Waals surface area (Å²) in [6.07, 6.45) is 2.98. The van der Waals surface area contributed by atoms with Gasteiger partial charge in [0.05, 0.1) is 42.6 Å². The Labute approximate surface area is 182 Å². The van der Waals surface area contributed by atoms with Crippen LogP contribution in [0.1, 0.15) is 22.5 Å². The SMILES string of the molecule is CNc1cc(Cc2ccc(S(=O)(=O)N3CCOCC3)cc2OC)nc2c1C(C#N)=CC2. The molecular weight excluding hydrogens is 416 g/mol. The number of rotatable bonds is 6. The predicted octanol–water partition coefficient (Wildman–Crippen LogP) is 2.21. The van der Waals surface area contributed by atoms with E-state index in [4.69, 9.17) is 14.5 Å². The van der Waals surface area contributed by atoms with Crippen molar-refractivity contribution < 1.29 is 17.9 Å². The number of nitriles is 1. The number of hydrogen-bond acceptors (Lipinski definition) is 7. The Kier molecular flexibility index (Phi) is 5.96. The number of allylic oxidation sites excluding steroid dienone is 2. The predicted molar refractivity (Wildman–Crippen MR) is 116 cm³/mol. The number of aromatic nitrogens is 1. The van der Waals surface area contributed by atoms with E-state index in [2.05, 4.69) is 11.4 Å². The summed E-state index contributed by atoms with van der Waals surface area (Å²) in [6, 6.07) is 9.11. The van der Waals surface area contributed by atoms with Crippen LogP contribution in [0, 0.1) is 11.3 Å². The van der Waals surface area contributed by atoms with Crippen molar-refractivity contribution in [2.45, 2.75) is 17.7 Å². The number of ether oxygens (including phenoxy) is 2. The third-order valence-electron chi connectivity index (χ3n) is 5.54. The standard InChI is InChI=1S/C22H24N4O4S/c1-24-20-12-17(25-19-6-4-16(14-23)22(19)20)11-15-3-5-18(13-21(15)29-2)31(27,28)26-7-9-30-10-8-26/h3-5,12-13H,6-11H2,1-2H3,(H,24,25). The molecule has 1 aromatic heterocycles. The molecule has 0 spiro atoms. The summed E-state index contributed by atoms with van der Waals surface area (Å²) in [6.45, 7) is 1.48. The third kappa shape index (κ3) is 4.02. The Hall–Kier alpha value is -2.93. The maximum absolute atomic E-state index is 13.0. The van der Waals surface area contributed by atoms with E-state index in [-0.39, 0.29) is 4.90 Å². The van der Waals surface area contributed by atoms with Gasteiger partial charge < -0.3 is 14.8 Å². The fourth-order valence-corrected chi connectivity index (χ4v) is 5.38. The summed E-state index contributed by atoms with van der Waals surface area (Å²) in [5.74, 6) is 0.499. The Morgan fingerprint density at radius 3 is 2.74 bits per heavy atom. The number of fused-ring (bicyclic) bond motifs is 1. The molecule has 0 radical (unpaired) electrons. The van der Waals surface area contributed by atoms with Crippen molar-refractivity contribution in [1.82, 2.24) is 9.29 Å². The number of morpholine rings is 1. The number of benzene rings is 1. The molecule has 9 heteroatoms. The van der Waals surface area contributed by atoms with Crippen LogP contribution in [0.15, 0.2) is 35.2 Å². The van der Waals surface area contributed by atoms with E-state index < -0.39 is 10.0 Å². The molecule has 1 aromatic carbocycles. The Morgan fingerprint density at radius 1 is 1.29 bits per heavy atom. The molecular formula is C22H24N4O4S. The van der Waals surface area contributed by atoms with Crippen LogP contribution in [0.2, 0.25) is 0 Å². The smallest absolute Gasteiger partial charge is 0.243 e. The van der Waals surface area contributed by atoms with Gasteiger partial charge in [-0.1, -0.05) is 12.1 Å². The van der Waals surface area contributed by atoms with E-state index in [1.807, 2.05) is 19.2 Å². The van der Waals surface area contributed by atoms with Crippen LogP contribution >= 0.6 is 0 Å². The van der Waals surface area contributed by atoms with E-state index in [0.29, 0.717) is 50.5 Å². The van der Waals surface area contributed by atoms with Gasteiger partial charge in [0.15, 0.2) is 0 Å². The zero-order valence-electron chi connectivity index (χ0n) is 17.5. The fraction of sp³-hybridized carbons (Fsp3) is 0.364. The van der Waals surface area contributed by atoms with Gasteiger partial charge in [-0.15, -0.1) is 0 Å². The number of hydrogen-bond donors (Lipinski definition) is 1. The molecule has 1 aliphatic heterocycles. The average Bonchev–Trinajstić information content (AvgIpc) is 3.22. The van der Waals surface area contributed by atoms with Crippen LogP contribution in [0.5, 0.6) is 5.75 Å². The van der Waals surface area contributed by atoms with Crippen molar-refractivity contribution in [3.8, 4) is 11.8 Å². The lowest BCUT2D eigenvalue weighted by Crippen LogP contribution is -2.40. The molecule has 0 amide bonds. The van der Waals surface area contributed by atoms with Crippen molar-refractivity contribution in [2.24, 2.45) is 0 Å².